The highest BCUT2D eigenvalue weighted by Gasteiger charge is 2.31. The zero-order valence-electron chi connectivity index (χ0n) is 14.7. The number of carbonyl (C=O) groups excluding carboxylic acids is 1. The molecule has 4 nitrogen and oxygen atoms in total. The molecule has 1 amide bonds. The molecule has 1 aromatic carbocycles. The molecule has 0 radical (unpaired) electrons. The first-order chi connectivity index (χ1) is 10.4. The third-order valence-electron chi connectivity index (χ3n) is 4.07. The fraction of sp³-hybridized carbons (Fsp3) is 0.611. The lowest BCUT2D eigenvalue weighted by molar-refractivity contribution is -0.136. The van der Waals surface area contributed by atoms with Crippen molar-refractivity contribution in [2.24, 2.45) is 0 Å². The van der Waals surface area contributed by atoms with Crippen molar-refractivity contribution in [3.05, 3.63) is 23.3 Å². The van der Waals surface area contributed by atoms with Crippen LogP contribution in [0, 0.1) is 13.8 Å². The van der Waals surface area contributed by atoms with Gasteiger partial charge >= 0.3 is 0 Å². The largest absolute Gasteiger partial charge is 0.493 e. The number of nitrogens with one attached hydrogen (secondary N) is 1. The molecule has 4 heteroatoms. The van der Waals surface area contributed by atoms with Gasteiger partial charge in [0.2, 0.25) is 0 Å². The Kier molecular flexibility index (Phi) is 6.88. The topological polar surface area (TPSA) is 47.6 Å². The van der Waals surface area contributed by atoms with Gasteiger partial charge in [0.05, 0.1) is 6.61 Å². The van der Waals surface area contributed by atoms with Crippen LogP contribution in [0.3, 0.4) is 0 Å². The predicted molar refractivity (Wildman–Crippen MR) is 90.7 cm³/mol. The predicted octanol–water partition coefficient (Wildman–Crippen LogP) is 4.24. The maximum Gasteiger partial charge on any atom is 0.256 e. The molecule has 124 valence electrons. The van der Waals surface area contributed by atoms with Crippen LogP contribution in [-0.4, -0.2) is 25.2 Å². The maximum atomic E-state index is 12.3. The van der Waals surface area contributed by atoms with Gasteiger partial charge in [-0.05, 0) is 56.9 Å². The van der Waals surface area contributed by atoms with Crippen LogP contribution in [0.25, 0.3) is 0 Å². The second-order valence-electron chi connectivity index (χ2n) is 5.88. The van der Waals surface area contributed by atoms with Gasteiger partial charge in [-0.1, -0.05) is 20.3 Å². The Morgan fingerprint density at radius 2 is 1.82 bits per heavy atom. The highest BCUT2D eigenvalue weighted by atomic mass is 16.5. The first-order valence-electron chi connectivity index (χ1n) is 7.98. The van der Waals surface area contributed by atoms with E-state index in [0.29, 0.717) is 6.42 Å². The Hall–Kier alpha value is -1.55. The minimum atomic E-state index is -0.807. The molecular weight excluding hydrogens is 278 g/mol. The summed E-state index contributed by atoms with van der Waals surface area (Å²) in [5.41, 5.74) is 2.03. The second-order valence-corrected chi connectivity index (χ2v) is 5.88. The molecular formula is C18H29NO3. The number of methoxy groups -OCH3 is 1. The Morgan fingerprint density at radius 1 is 1.23 bits per heavy atom. The summed E-state index contributed by atoms with van der Waals surface area (Å²) in [5, 5.41) is 2.94. The summed E-state index contributed by atoms with van der Waals surface area (Å²) in [6.07, 6.45) is 2.77. The third-order valence-corrected chi connectivity index (χ3v) is 4.07. The van der Waals surface area contributed by atoms with Crippen LogP contribution in [0.4, 0.5) is 5.69 Å². The van der Waals surface area contributed by atoms with Crippen LogP contribution in [0.1, 0.15) is 51.2 Å². The number of carbonyl (C=O) groups is 1. The maximum absolute atomic E-state index is 12.3. The van der Waals surface area contributed by atoms with E-state index in [4.69, 9.17) is 9.47 Å². The van der Waals surface area contributed by atoms with Gasteiger partial charge in [-0.15, -0.1) is 0 Å². The molecule has 0 aliphatic carbocycles. The number of unbranched alkanes of at least 4 members (excludes halogenated alkanes) is 1. The third kappa shape index (κ3) is 4.47. The summed E-state index contributed by atoms with van der Waals surface area (Å²) in [6.45, 7) is 10.6. The molecule has 0 heterocycles. The molecule has 0 saturated heterocycles. The van der Waals surface area contributed by atoms with E-state index in [0.717, 1.165) is 42.0 Å². The van der Waals surface area contributed by atoms with E-state index < -0.39 is 5.60 Å². The number of amides is 1. The lowest BCUT2D eigenvalue weighted by atomic mass is 10.0. The number of hydrogen-bond acceptors (Lipinski definition) is 3. The zero-order chi connectivity index (χ0) is 16.8. The van der Waals surface area contributed by atoms with Crippen molar-refractivity contribution in [3.63, 3.8) is 0 Å². The van der Waals surface area contributed by atoms with Crippen LogP contribution in [0.5, 0.6) is 5.75 Å². The average Bonchev–Trinajstić information content (AvgIpc) is 2.49. The van der Waals surface area contributed by atoms with Crippen LogP contribution in [0.2, 0.25) is 0 Å². The lowest BCUT2D eigenvalue weighted by Gasteiger charge is -2.25. The summed E-state index contributed by atoms with van der Waals surface area (Å²) < 4.78 is 11.2. The second kappa shape index (κ2) is 8.18. The molecule has 0 spiro atoms. The van der Waals surface area contributed by atoms with Crippen LogP contribution >= 0.6 is 0 Å². The van der Waals surface area contributed by atoms with Crippen molar-refractivity contribution in [1.82, 2.24) is 0 Å². The van der Waals surface area contributed by atoms with Gasteiger partial charge in [0.15, 0.2) is 0 Å². The first kappa shape index (κ1) is 18.5. The summed E-state index contributed by atoms with van der Waals surface area (Å²) in [7, 11) is 1.56. The minimum Gasteiger partial charge on any atom is -0.493 e. The average molecular weight is 307 g/mol. The van der Waals surface area contributed by atoms with E-state index in [-0.39, 0.29) is 5.91 Å². The number of aryl methyl sites for hydroxylation is 2. The van der Waals surface area contributed by atoms with Crippen LogP contribution in [0.15, 0.2) is 12.1 Å². The lowest BCUT2D eigenvalue weighted by Crippen LogP contribution is -2.41. The van der Waals surface area contributed by atoms with Gasteiger partial charge in [-0.25, -0.2) is 0 Å². The SMILES string of the molecule is CCCCOc1c(C)cc(NC(=O)[C@@](C)(CC)OC)cc1C. The molecule has 0 aliphatic rings. The van der Waals surface area contributed by atoms with Gasteiger partial charge in [0.25, 0.3) is 5.91 Å². The Balaban J connectivity index is 2.88. The van der Waals surface area contributed by atoms with Crippen molar-refractivity contribution < 1.29 is 14.3 Å². The van der Waals surface area contributed by atoms with E-state index in [1.165, 1.54) is 0 Å². The molecule has 22 heavy (non-hydrogen) atoms. The number of anilines is 1. The summed E-state index contributed by atoms with van der Waals surface area (Å²) in [4.78, 5) is 12.3. The normalized spacial score (nSPS) is 13.5. The molecule has 0 aromatic heterocycles. The van der Waals surface area contributed by atoms with Gasteiger partial charge < -0.3 is 14.8 Å². The number of hydrogen-bond donors (Lipinski definition) is 1. The van der Waals surface area contributed by atoms with Crippen molar-refractivity contribution >= 4 is 11.6 Å². The van der Waals surface area contributed by atoms with E-state index in [9.17, 15) is 4.79 Å². The van der Waals surface area contributed by atoms with Gasteiger partial charge in [-0.2, -0.15) is 0 Å². The molecule has 0 fully saturated rings. The molecule has 1 N–H and O–H groups in total. The highest BCUT2D eigenvalue weighted by molar-refractivity contribution is 5.97. The fourth-order valence-corrected chi connectivity index (χ4v) is 2.23. The van der Waals surface area contributed by atoms with E-state index in [1.54, 1.807) is 14.0 Å². The Labute approximate surface area is 134 Å². The molecule has 0 saturated carbocycles. The van der Waals surface area contributed by atoms with Crippen molar-refractivity contribution in [3.8, 4) is 5.75 Å². The van der Waals surface area contributed by atoms with Gasteiger partial charge in [0.1, 0.15) is 11.4 Å². The molecule has 0 bridgehead atoms. The van der Waals surface area contributed by atoms with E-state index in [1.807, 2.05) is 32.9 Å². The molecule has 0 aliphatic heterocycles. The Morgan fingerprint density at radius 3 is 2.27 bits per heavy atom. The van der Waals surface area contributed by atoms with Gasteiger partial charge in [-0.3, -0.25) is 4.79 Å². The summed E-state index contributed by atoms with van der Waals surface area (Å²) in [5.74, 6) is 0.785. The number of benzene rings is 1. The molecule has 1 atom stereocenters. The van der Waals surface area contributed by atoms with E-state index >= 15 is 0 Å². The minimum absolute atomic E-state index is 0.129. The Bertz CT molecular complexity index is 484. The van der Waals surface area contributed by atoms with Crippen molar-refractivity contribution in [2.45, 2.75) is 59.5 Å². The standard InChI is InChI=1S/C18H29NO3/c1-7-9-10-22-16-13(3)11-15(12-14(16)4)19-17(20)18(5,8-2)21-6/h11-12H,7-10H2,1-6H3,(H,19,20)/t18-/m1/s1. The monoisotopic (exact) mass is 307 g/mol. The van der Waals surface area contributed by atoms with Crippen LogP contribution < -0.4 is 10.1 Å². The zero-order valence-corrected chi connectivity index (χ0v) is 14.7. The van der Waals surface area contributed by atoms with Gasteiger partial charge in [0, 0.05) is 12.8 Å². The summed E-state index contributed by atoms with van der Waals surface area (Å²) in [6, 6.07) is 3.88. The fourth-order valence-electron chi connectivity index (χ4n) is 2.23. The number of ether oxygens (including phenoxy) is 2. The quantitative estimate of drug-likeness (QED) is 0.731. The molecule has 1 aromatic rings. The smallest absolute Gasteiger partial charge is 0.256 e. The van der Waals surface area contributed by atoms with E-state index in [2.05, 4.69) is 12.2 Å². The van der Waals surface area contributed by atoms with Crippen LogP contribution in [-0.2, 0) is 9.53 Å². The highest BCUT2D eigenvalue weighted by Crippen LogP contribution is 2.28. The van der Waals surface area contributed by atoms with Crippen molar-refractivity contribution in [1.29, 1.82) is 0 Å². The molecule has 1 rings (SSSR count). The molecule has 0 unspecified atom stereocenters. The first-order valence-corrected chi connectivity index (χ1v) is 7.98. The number of rotatable bonds is 8. The summed E-state index contributed by atoms with van der Waals surface area (Å²) >= 11 is 0. The van der Waals surface area contributed by atoms with Crippen molar-refractivity contribution in [2.75, 3.05) is 19.0 Å².